The molecule has 6 heteroatoms. The molecule has 0 aliphatic rings. The maximum Gasteiger partial charge on any atom is 0.221 e. The molecular formula is C10H12N2O3S. The van der Waals surface area contributed by atoms with E-state index < -0.39 is 15.7 Å². The molecule has 0 saturated heterocycles. The molecule has 0 atom stereocenters. The average molecular weight is 240 g/mol. The molecule has 1 rings (SSSR count). The van der Waals surface area contributed by atoms with Gasteiger partial charge in [-0.05, 0) is 17.7 Å². The monoisotopic (exact) mass is 240 g/mol. The predicted molar refractivity (Wildman–Crippen MR) is 60.2 cm³/mol. The Morgan fingerprint density at radius 1 is 1.56 bits per heavy atom. The Bertz CT molecular complexity index is 521. The van der Waals surface area contributed by atoms with Gasteiger partial charge in [-0.15, -0.1) is 0 Å². The highest BCUT2D eigenvalue weighted by molar-refractivity contribution is 7.90. The Morgan fingerprint density at radius 3 is 2.81 bits per heavy atom. The fraction of sp³-hybridized carbons (Fsp3) is 0.200. The SMILES string of the molecule is CS(=O)(=O)c1cc(C=CCC(N)=O)ccn1. The summed E-state index contributed by atoms with van der Waals surface area (Å²) in [5.41, 5.74) is 5.62. The molecule has 1 aromatic heterocycles. The van der Waals surface area contributed by atoms with Crippen LogP contribution >= 0.6 is 0 Å². The number of primary amides is 1. The van der Waals surface area contributed by atoms with Gasteiger partial charge < -0.3 is 5.73 Å². The van der Waals surface area contributed by atoms with E-state index in [1.165, 1.54) is 12.3 Å². The largest absolute Gasteiger partial charge is 0.369 e. The summed E-state index contributed by atoms with van der Waals surface area (Å²) >= 11 is 0. The standard InChI is InChI=1S/C10H12N2O3S/c1-16(14,15)10-7-8(5-6-12-10)3-2-4-9(11)13/h2-3,5-7H,4H2,1H3,(H2,11,13). The number of nitrogens with zero attached hydrogens (tertiary/aromatic N) is 1. The number of hydrogen-bond acceptors (Lipinski definition) is 4. The lowest BCUT2D eigenvalue weighted by Crippen LogP contribution is -2.07. The first-order valence-corrected chi connectivity index (χ1v) is 6.39. The van der Waals surface area contributed by atoms with E-state index in [2.05, 4.69) is 4.98 Å². The first kappa shape index (κ1) is 12.4. The van der Waals surface area contributed by atoms with Crippen LogP contribution in [0.2, 0.25) is 0 Å². The lowest BCUT2D eigenvalue weighted by Gasteiger charge is -1.98. The summed E-state index contributed by atoms with van der Waals surface area (Å²) in [7, 11) is -3.30. The van der Waals surface area contributed by atoms with E-state index in [-0.39, 0.29) is 11.4 Å². The third-order valence-electron chi connectivity index (χ3n) is 1.77. The summed E-state index contributed by atoms with van der Waals surface area (Å²) in [4.78, 5) is 14.2. The van der Waals surface area contributed by atoms with Gasteiger partial charge in [-0.25, -0.2) is 13.4 Å². The van der Waals surface area contributed by atoms with Gasteiger partial charge >= 0.3 is 0 Å². The van der Waals surface area contributed by atoms with Crippen LogP contribution in [0, 0.1) is 0 Å². The van der Waals surface area contributed by atoms with Crippen molar-refractivity contribution in [3.8, 4) is 0 Å². The van der Waals surface area contributed by atoms with Crippen molar-refractivity contribution in [2.24, 2.45) is 5.73 Å². The summed E-state index contributed by atoms with van der Waals surface area (Å²) in [6.07, 6.45) is 5.81. The van der Waals surface area contributed by atoms with Crippen LogP contribution in [0.15, 0.2) is 29.4 Å². The normalized spacial score (nSPS) is 11.8. The zero-order valence-corrected chi connectivity index (χ0v) is 9.57. The zero-order valence-electron chi connectivity index (χ0n) is 8.75. The number of carbonyl (C=O) groups excluding carboxylic acids is 1. The second-order valence-corrected chi connectivity index (χ2v) is 5.23. The van der Waals surface area contributed by atoms with Crippen LogP contribution in [0.4, 0.5) is 0 Å². The van der Waals surface area contributed by atoms with Gasteiger partial charge in [0.05, 0.1) is 0 Å². The van der Waals surface area contributed by atoms with Gasteiger partial charge in [-0.1, -0.05) is 12.2 Å². The molecule has 0 fully saturated rings. The number of amides is 1. The second kappa shape index (κ2) is 4.89. The van der Waals surface area contributed by atoms with Crippen molar-refractivity contribution in [1.82, 2.24) is 4.98 Å². The predicted octanol–water partition coefficient (Wildman–Crippen LogP) is 0.374. The quantitative estimate of drug-likeness (QED) is 0.823. The zero-order chi connectivity index (χ0) is 12.2. The molecule has 5 nitrogen and oxygen atoms in total. The van der Waals surface area contributed by atoms with Crippen molar-refractivity contribution in [3.05, 3.63) is 30.0 Å². The van der Waals surface area contributed by atoms with E-state index in [1.807, 2.05) is 0 Å². The van der Waals surface area contributed by atoms with Crippen molar-refractivity contribution < 1.29 is 13.2 Å². The van der Waals surface area contributed by atoms with E-state index >= 15 is 0 Å². The Balaban J connectivity index is 2.92. The molecule has 0 aliphatic heterocycles. The van der Waals surface area contributed by atoms with Gasteiger partial charge in [0.15, 0.2) is 14.9 Å². The molecule has 0 bridgehead atoms. The molecule has 1 amide bonds. The smallest absolute Gasteiger partial charge is 0.221 e. The van der Waals surface area contributed by atoms with E-state index in [4.69, 9.17) is 5.73 Å². The molecule has 0 aromatic carbocycles. The highest BCUT2D eigenvalue weighted by Crippen LogP contribution is 2.09. The number of nitrogens with two attached hydrogens (primary N) is 1. The van der Waals surface area contributed by atoms with Crippen molar-refractivity contribution in [3.63, 3.8) is 0 Å². The van der Waals surface area contributed by atoms with Crippen molar-refractivity contribution >= 4 is 21.8 Å². The van der Waals surface area contributed by atoms with Gasteiger partial charge in [-0.2, -0.15) is 0 Å². The number of sulfone groups is 1. The van der Waals surface area contributed by atoms with Crippen LogP contribution in [0.5, 0.6) is 0 Å². The van der Waals surface area contributed by atoms with E-state index in [0.717, 1.165) is 6.26 Å². The first-order chi connectivity index (χ1) is 7.39. The van der Waals surface area contributed by atoms with Crippen molar-refractivity contribution in [1.29, 1.82) is 0 Å². The Hall–Kier alpha value is -1.69. The number of rotatable bonds is 4. The number of carbonyl (C=O) groups is 1. The molecule has 86 valence electrons. The molecule has 1 aromatic rings. The number of hydrogen-bond donors (Lipinski definition) is 1. The van der Waals surface area contributed by atoms with E-state index in [9.17, 15) is 13.2 Å². The van der Waals surface area contributed by atoms with Crippen LogP contribution in [0.25, 0.3) is 6.08 Å². The third kappa shape index (κ3) is 3.82. The molecule has 1 heterocycles. The van der Waals surface area contributed by atoms with Crippen molar-refractivity contribution in [2.75, 3.05) is 6.26 Å². The molecular weight excluding hydrogens is 228 g/mol. The van der Waals surface area contributed by atoms with Gasteiger partial charge in [0.25, 0.3) is 0 Å². The van der Waals surface area contributed by atoms with Gasteiger partial charge in [0, 0.05) is 18.9 Å². The highest BCUT2D eigenvalue weighted by atomic mass is 32.2. The first-order valence-electron chi connectivity index (χ1n) is 4.50. The van der Waals surface area contributed by atoms with E-state index in [1.54, 1.807) is 18.2 Å². The second-order valence-electron chi connectivity index (χ2n) is 3.27. The minimum atomic E-state index is -3.30. The third-order valence-corrected chi connectivity index (χ3v) is 2.75. The molecule has 16 heavy (non-hydrogen) atoms. The summed E-state index contributed by atoms with van der Waals surface area (Å²) < 4.78 is 22.4. The van der Waals surface area contributed by atoms with Gasteiger partial charge in [-0.3, -0.25) is 4.79 Å². The van der Waals surface area contributed by atoms with Crippen LogP contribution in [0.3, 0.4) is 0 Å². The summed E-state index contributed by atoms with van der Waals surface area (Å²) in [5.74, 6) is -0.436. The Morgan fingerprint density at radius 2 is 2.25 bits per heavy atom. The molecule has 0 saturated carbocycles. The lowest BCUT2D eigenvalue weighted by atomic mass is 10.2. The maximum atomic E-state index is 11.2. The summed E-state index contributed by atoms with van der Waals surface area (Å²) in [6, 6.07) is 3.08. The van der Waals surface area contributed by atoms with Gasteiger partial charge in [0.2, 0.25) is 5.91 Å². The summed E-state index contributed by atoms with van der Waals surface area (Å²) in [5, 5.41) is 0.00808. The van der Waals surface area contributed by atoms with Crippen LogP contribution in [-0.4, -0.2) is 25.6 Å². The summed E-state index contributed by atoms with van der Waals surface area (Å²) in [6.45, 7) is 0. The Labute approximate surface area is 93.9 Å². The molecule has 0 unspecified atom stereocenters. The minimum absolute atomic E-state index is 0.00808. The lowest BCUT2D eigenvalue weighted by molar-refractivity contribution is -0.117. The average Bonchev–Trinajstić information content (AvgIpc) is 2.16. The minimum Gasteiger partial charge on any atom is -0.369 e. The highest BCUT2D eigenvalue weighted by Gasteiger charge is 2.07. The van der Waals surface area contributed by atoms with Crippen LogP contribution < -0.4 is 5.73 Å². The van der Waals surface area contributed by atoms with Crippen LogP contribution in [0.1, 0.15) is 12.0 Å². The topological polar surface area (TPSA) is 90.1 Å². The molecule has 2 N–H and O–H groups in total. The Kier molecular flexibility index (Phi) is 3.78. The van der Waals surface area contributed by atoms with E-state index in [0.29, 0.717) is 5.56 Å². The van der Waals surface area contributed by atoms with Crippen LogP contribution in [-0.2, 0) is 14.6 Å². The fourth-order valence-corrected chi connectivity index (χ4v) is 1.64. The van der Waals surface area contributed by atoms with Gasteiger partial charge in [0.1, 0.15) is 0 Å². The number of aromatic nitrogens is 1. The maximum absolute atomic E-state index is 11.2. The molecule has 0 spiro atoms. The van der Waals surface area contributed by atoms with Crippen molar-refractivity contribution in [2.45, 2.75) is 11.4 Å². The molecule has 0 radical (unpaired) electrons. The number of pyridine rings is 1. The fourth-order valence-electron chi connectivity index (χ4n) is 1.04. The molecule has 0 aliphatic carbocycles.